The highest BCUT2D eigenvalue weighted by molar-refractivity contribution is 5.49. The molecule has 1 unspecified atom stereocenters. The van der Waals surface area contributed by atoms with Crippen molar-refractivity contribution in [2.75, 3.05) is 13.1 Å². The first-order valence-corrected chi connectivity index (χ1v) is 10.6. The van der Waals surface area contributed by atoms with Crippen LogP contribution in [0.4, 0.5) is 0 Å². The molecule has 1 atom stereocenters. The zero-order valence-electron chi connectivity index (χ0n) is 16.3. The molecule has 1 aliphatic rings. The van der Waals surface area contributed by atoms with Crippen molar-refractivity contribution in [1.29, 1.82) is 0 Å². The summed E-state index contributed by atoms with van der Waals surface area (Å²) in [6.07, 6.45) is 20.9. The highest BCUT2D eigenvalue weighted by Gasteiger charge is 2.23. The third-order valence-corrected chi connectivity index (χ3v) is 5.32. The van der Waals surface area contributed by atoms with Gasteiger partial charge in [-0.2, -0.15) is 0 Å². The van der Waals surface area contributed by atoms with Crippen molar-refractivity contribution < 1.29 is 4.58 Å². The molecule has 0 amide bonds. The van der Waals surface area contributed by atoms with Crippen LogP contribution in [0.1, 0.15) is 104 Å². The lowest BCUT2D eigenvalue weighted by Gasteiger charge is -2.20. The zero-order valence-corrected chi connectivity index (χ0v) is 16.3. The molecule has 0 fully saturated rings. The van der Waals surface area contributed by atoms with E-state index in [-0.39, 0.29) is 0 Å². The first-order chi connectivity index (χ1) is 11.3. The molecule has 1 heterocycles. The standard InChI is InChI=1S/C21H42N2/c1-4-5-6-7-8-9-10-11-12-13-14-15-16-21(20(2)3)23-18-17-22-19-23/h19-21H,4-18H2,1-3H3/p+1. The van der Waals surface area contributed by atoms with Gasteiger partial charge in [0.05, 0.1) is 6.04 Å². The van der Waals surface area contributed by atoms with Crippen molar-refractivity contribution in [3.05, 3.63) is 0 Å². The average Bonchev–Trinajstić information content (AvgIpc) is 3.05. The maximum Gasteiger partial charge on any atom is 0.232 e. The molecular weight excluding hydrogens is 280 g/mol. The van der Waals surface area contributed by atoms with Crippen molar-refractivity contribution in [1.82, 2.24) is 5.32 Å². The average molecular weight is 324 g/mol. The predicted molar refractivity (Wildman–Crippen MR) is 104 cm³/mol. The Labute approximate surface area is 146 Å². The maximum atomic E-state index is 3.35. The van der Waals surface area contributed by atoms with E-state index >= 15 is 0 Å². The Hall–Kier alpha value is -0.530. The molecule has 1 N–H and O–H groups in total. The van der Waals surface area contributed by atoms with Crippen LogP contribution < -0.4 is 5.32 Å². The molecule has 136 valence electrons. The predicted octanol–water partition coefficient (Wildman–Crippen LogP) is 5.75. The fraction of sp³-hybridized carbons (Fsp3) is 0.952. The van der Waals surface area contributed by atoms with Crippen molar-refractivity contribution in [2.45, 2.75) is 110 Å². The minimum Gasteiger partial charge on any atom is -0.277 e. The van der Waals surface area contributed by atoms with Gasteiger partial charge in [-0.25, -0.2) is 0 Å². The second-order valence-electron chi connectivity index (χ2n) is 7.81. The van der Waals surface area contributed by atoms with Crippen molar-refractivity contribution in [3.8, 4) is 0 Å². The number of hydrogen-bond acceptors (Lipinski definition) is 1. The largest absolute Gasteiger partial charge is 0.277 e. The van der Waals surface area contributed by atoms with Crippen LogP contribution in [0.5, 0.6) is 0 Å². The monoisotopic (exact) mass is 323 g/mol. The van der Waals surface area contributed by atoms with Gasteiger partial charge in [-0.15, -0.1) is 0 Å². The van der Waals surface area contributed by atoms with Gasteiger partial charge < -0.3 is 0 Å². The third-order valence-electron chi connectivity index (χ3n) is 5.32. The molecule has 1 rings (SSSR count). The number of nitrogens with one attached hydrogen (secondary N) is 1. The smallest absolute Gasteiger partial charge is 0.232 e. The van der Waals surface area contributed by atoms with Crippen molar-refractivity contribution in [3.63, 3.8) is 0 Å². The van der Waals surface area contributed by atoms with Crippen molar-refractivity contribution in [2.24, 2.45) is 5.92 Å². The Morgan fingerprint density at radius 3 is 1.78 bits per heavy atom. The summed E-state index contributed by atoms with van der Waals surface area (Å²) >= 11 is 0. The van der Waals surface area contributed by atoms with Gasteiger partial charge in [0.15, 0.2) is 0 Å². The normalized spacial score (nSPS) is 15.7. The van der Waals surface area contributed by atoms with Gasteiger partial charge in [0.2, 0.25) is 6.34 Å². The van der Waals surface area contributed by atoms with Crippen LogP contribution in [-0.4, -0.2) is 30.0 Å². The lowest BCUT2D eigenvalue weighted by atomic mass is 9.96. The molecule has 0 aromatic carbocycles. The molecule has 0 spiro atoms. The Morgan fingerprint density at radius 1 is 0.826 bits per heavy atom. The Balaban J connectivity index is 1.90. The summed E-state index contributed by atoms with van der Waals surface area (Å²) in [5, 5.41) is 3.35. The van der Waals surface area contributed by atoms with Gasteiger partial charge >= 0.3 is 0 Å². The maximum absolute atomic E-state index is 3.35. The molecule has 0 saturated heterocycles. The van der Waals surface area contributed by atoms with E-state index in [1.165, 1.54) is 90.0 Å². The number of unbranched alkanes of at least 4 members (excludes halogenated alkanes) is 11. The lowest BCUT2D eigenvalue weighted by Crippen LogP contribution is -2.30. The van der Waals surface area contributed by atoms with E-state index in [1.54, 1.807) is 0 Å². The summed E-state index contributed by atoms with van der Waals surface area (Å²) in [5.74, 6) is 0.763. The SMILES string of the molecule is CCCCCCCCCCCCCCC(C(C)C)[N+]1=CNCC1. The van der Waals surface area contributed by atoms with E-state index in [2.05, 4.69) is 37.0 Å². The van der Waals surface area contributed by atoms with Crippen LogP contribution in [0.3, 0.4) is 0 Å². The molecule has 0 bridgehead atoms. The van der Waals surface area contributed by atoms with Gasteiger partial charge in [0.25, 0.3) is 0 Å². The minimum atomic E-state index is 0.744. The summed E-state index contributed by atoms with van der Waals surface area (Å²) in [4.78, 5) is 0. The second-order valence-corrected chi connectivity index (χ2v) is 7.81. The molecule has 0 aliphatic carbocycles. The Bertz CT molecular complexity index is 296. The van der Waals surface area contributed by atoms with Crippen LogP contribution in [0.2, 0.25) is 0 Å². The number of hydrogen-bond donors (Lipinski definition) is 1. The molecule has 1 aliphatic heterocycles. The van der Waals surface area contributed by atoms with Crippen LogP contribution >= 0.6 is 0 Å². The van der Waals surface area contributed by atoms with Gasteiger partial charge in [0, 0.05) is 0 Å². The molecule has 23 heavy (non-hydrogen) atoms. The summed E-state index contributed by atoms with van der Waals surface area (Å²) in [5.41, 5.74) is 0. The first kappa shape index (κ1) is 20.5. The van der Waals surface area contributed by atoms with Crippen molar-refractivity contribution >= 4 is 6.34 Å². The molecule has 0 radical (unpaired) electrons. The quantitative estimate of drug-likeness (QED) is 0.300. The van der Waals surface area contributed by atoms with E-state index in [1.807, 2.05) is 0 Å². The number of nitrogens with zero attached hydrogens (tertiary/aromatic N) is 1. The van der Waals surface area contributed by atoms with Crippen LogP contribution in [0, 0.1) is 5.92 Å². The highest BCUT2D eigenvalue weighted by atomic mass is 15.2. The summed E-state index contributed by atoms with van der Waals surface area (Å²) < 4.78 is 2.53. The van der Waals surface area contributed by atoms with Crippen LogP contribution in [-0.2, 0) is 0 Å². The third kappa shape index (κ3) is 10.0. The Morgan fingerprint density at radius 2 is 1.35 bits per heavy atom. The first-order valence-electron chi connectivity index (χ1n) is 10.6. The molecule has 0 aromatic heterocycles. The summed E-state index contributed by atoms with van der Waals surface area (Å²) in [6, 6.07) is 0.744. The van der Waals surface area contributed by atoms with Crippen LogP contribution in [0.25, 0.3) is 0 Å². The van der Waals surface area contributed by atoms with E-state index in [9.17, 15) is 0 Å². The molecule has 0 saturated carbocycles. The van der Waals surface area contributed by atoms with Gasteiger partial charge in [-0.1, -0.05) is 91.4 Å². The topological polar surface area (TPSA) is 15.0 Å². The summed E-state index contributed by atoms with van der Waals surface area (Å²) in [6.45, 7) is 9.36. The van der Waals surface area contributed by atoms with Gasteiger partial charge in [-0.05, 0) is 18.8 Å². The fourth-order valence-electron chi connectivity index (χ4n) is 3.78. The number of rotatable bonds is 15. The molecular formula is C21H43N2+. The zero-order chi connectivity index (χ0) is 16.8. The lowest BCUT2D eigenvalue weighted by molar-refractivity contribution is -0.562. The van der Waals surface area contributed by atoms with E-state index in [0.29, 0.717) is 0 Å². The van der Waals surface area contributed by atoms with E-state index in [4.69, 9.17) is 0 Å². The van der Waals surface area contributed by atoms with E-state index in [0.717, 1.165) is 18.5 Å². The van der Waals surface area contributed by atoms with Crippen LogP contribution in [0.15, 0.2) is 0 Å². The highest BCUT2D eigenvalue weighted by Crippen LogP contribution is 2.17. The molecule has 2 heteroatoms. The minimum absolute atomic E-state index is 0.744. The Kier molecular flexibility index (Phi) is 12.4. The second kappa shape index (κ2) is 13.9. The summed E-state index contributed by atoms with van der Waals surface area (Å²) in [7, 11) is 0. The molecule has 2 nitrogen and oxygen atoms in total. The van der Waals surface area contributed by atoms with Gasteiger partial charge in [0.1, 0.15) is 13.1 Å². The fourth-order valence-corrected chi connectivity index (χ4v) is 3.78. The van der Waals surface area contributed by atoms with Gasteiger partial charge in [-0.3, -0.25) is 9.89 Å². The molecule has 0 aromatic rings. The van der Waals surface area contributed by atoms with E-state index < -0.39 is 0 Å².